The number of methoxy groups -OCH3 is 1. The van der Waals surface area contributed by atoms with Crippen molar-refractivity contribution in [3.8, 4) is 5.75 Å². The van der Waals surface area contributed by atoms with Crippen LogP contribution in [0.4, 0.5) is 0 Å². The van der Waals surface area contributed by atoms with Crippen LogP contribution in [0.5, 0.6) is 5.75 Å². The topological polar surface area (TPSA) is 62.7 Å². The zero-order valence-electron chi connectivity index (χ0n) is 19.6. The fraction of sp³-hybridized carbons (Fsp3) is 0.250. The monoisotopic (exact) mass is 455 g/mol. The molecule has 34 heavy (non-hydrogen) atoms. The molecule has 2 heterocycles. The van der Waals surface area contributed by atoms with E-state index in [9.17, 15) is 9.59 Å². The van der Waals surface area contributed by atoms with Crippen molar-refractivity contribution in [2.45, 2.75) is 19.8 Å². The smallest absolute Gasteiger partial charge is 0.277 e. The number of imide groups is 1. The Labute approximate surface area is 200 Å². The van der Waals surface area contributed by atoms with Gasteiger partial charge in [-0.3, -0.25) is 19.5 Å². The van der Waals surface area contributed by atoms with E-state index in [1.807, 2.05) is 78.6 Å². The van der Waals surface area contributed by atoms with Gasteiger partial charge in [0.05, 0.1) is 12.7 Å². The van der Waals surface area contributed by atoms with Crippen molar-refractivity contribution in [1.82, 2.24) is 14.8 Å². The third kappa shape index (κ3) is 4.86. The quantitative estimate of drug-likeness (QED) is 0.433. The maximum absolute atomic E-state index is 13.7. The lowest BCUT2D eigenvalue weighted by Gasteiger charge is -2.25. The number of hydrogen-bond donors (Lipinski definition) is 0. The van der Waals surface area contributed by atoms with Crippen molar-refractivity contribution in [2.24, 2.45) is 0 Å². The van der Waals surface area contributed by atoms with Gasteiger partial charge in [0.15, 0.2) is 0 Å². The molecule has 0 atom stereocenters. The number of rotatable bonds is 10. The standard InChI is InChI=1S/C28H29N3O3/c1-3-30(19-15-22-13-17-29-18-14-22)26-25(23-11-7-8-12-24(23)34-2)27(32)31(28(26)33)20-16-21-9-5-4-6-10-21/h4-14,17-18H,3,15-16,19-20H2,1-2H3. The van der Waals surface area contributed by atoms with Gasteiger partial charge in [0, 0.05) is 37.6 Å². The van der Waals surface area contributed by atoms with E-state index in [2.05, 4.69) is 4.98 Å². The molecule has 0 unspecified atom stereocenters. The summed E-state index contributed by atoms with van der Waals surface area (Å²) in [6.45, 7) is 3.54. The minimum atomic E-state index is -0.275. The molecule has 0 saturated carbocycles. The summed E-state index contributed by atoms with van der Waals surface area (Å²) < 4.78 is 5.56. The minimum absolute atomic E-state index is 0.251. The van der Waals surface area contributed by atoms with E-state index in [1.54, 1.807) is 19.5 Å². The van der Waals surface area contributed by atoms with Crippen LogP contribution in [-0.4, -0.2) is 53.3 Å². The third-order valence-corrected chi connectivity index (χ3v) is 6.10. The average Bonchev–Trinajstić information content (AvgIpc) is 3.13. The molecule has 6 heteroatoms. The predicted octanol–water partition coefficient (Wildman–Crippen LogP) is 3.98. The Kier molecular flexibility index (Phi) is 7.38. The summed E-state index contributed by atoms with van der Waals surface area (Å²) in [4.78, 5) is 34.8. The highest BCUT2D eigenvalue weighted by Gasteiger charge is 2.41. The summed E-state index contributed by atoms with van der Waals surface area (Å²) in [7, 11) is 1.58. The fourth-order valence-corrected chi connectivity index (χ4v) is 4.28. The van der Waals surface area contributed by atoms with Gasteiger partial charge in [0.2, 0.25) is 0 Å². The first-order valence-corrected chi connectivity index (χ1v) is 11.6. The van der Waals surface area contributed by atoms with E-state index >= 15 is 0 Å². The summed E-state index contributed by atoms with van der Waals surface area (Å²) in [5.41, 5.74) is 3.71. The summed E-state index contributed by atoms with van der Waals surface area (Å²) in [6.07, 6.45) is 4.87. The van der Waals surface area contributed by atoms with Crippen LogP contribution in [0, 0.1) is 0 Å². The molecule has 0 spiro atoms. The van der Waals surface area contributed by atoms with Crippen molar-refractivity contribution >= 4 is 17.4 Å². The molecule has 6 nitrogen and oxygen atoms in total. The van der Waals surface area contributed by atoms with Crippen LogP contribution in [0.1, 0.15) is 23.6 Å². The van der Waals surface area contributed by atoms with E-state index in [4.69, 9.17) is 4.74 Å². The third-order valence-electron chi connectivity index (χ3n) is 6.10. The Morgan fingerprint density at radius 3 is 2.24 bits per heavy atom. The SMILES string of the molecule is CCN(CCc1ccncc1)C1=C(c2ccccc2OC)C(=O)N(CCc2ccccc2)C1=O. The first-order chi connectivity index (χ1) is 16.6. The highest BCUT2D eigenvalue weighted by molar-refractivity contribution is 6.36. The van der Waals surface area contributed by atoms with Crippen LogP contribution in [0.15, 0.2) is 84.8 Å². The van der Waals surface area contributed by atoms with Gasteiger partial charge in [-0.2, -0.15) is 0 Å². The lowest BCUT2D eigenvalue weighted by Crippen LogP contribution is -2.37. The van der Waals surface area contributed by atoms with Crippen LogP contribution < -0.4 is 4.74 Å². The molecule has 0 N–H and O–H groups in total. The number of amides is 2. The summed E-state index contributed by atoms with van der Waals surface area (Å²) >= 11 is 0. The molecule has 0 aliphatic carbocycles. The Balaban J connectivity index is 1.68. The second-order valence-corrected chi connectivity index (χ2v) is 8.11. The highest BCUT2D eigenvalue weighted by atomic mass is 16.5. The number of carbonyl (C=O) groups is 2. The normalized spacial score (nSPS) is 13.5. The number of nitrogens with zero attached hydrogens (tertiary/aromatic N) is 3. The van der Waals surface area contributed by atoms with Gasteiger partial charge >= 0.3 is 0 Å². The lowest BCUT2D eigenvalue weighted by atomic mass is 10.0. The molecule has 0 fully saturated rings. The van der Waals surface area contributed by atoms with Crippen molar-refractivity contribution in [3.63, 3.8) is 0 Å². The second kappa shape index (κ2) is 10.8. The van der Waals surface area contributed by atoms with Gasteiger partial charge in [0.1, 0.15) is 11.4 Å². The summed E-state index contributed by atoms with van der Waals surface area (Å²) in [5, 5.41) is 0. The van der Waals surface area contributed by atoms with E-state index in [0.717, 1.165) is 17.5 Å². The number of hydrogen-bond acceptors (Lipinski definition) is 5. The summed E-state index contributed by atoms with van der Waals surface area (Å²) in [6, 6.07) is 21.2. The van der Waals surface area contributed by atoms with Crippen LogP contribution in [0.25, 0.3) is 5.57 Å². The molecule has 2 amide bonds. The molecule has 2 aromatic carbocycles. The predicted molar refractivity (Wildman–Crippen MR) is 132 cm³/mol. The van der Waals surface area contributed by atoms with E-state index in [-0.39, 0.29) is 11.8 Å². The van der Waals surface area contributed by atoms with Crippen molar-refractivity contribution < 1.29 is 14.3 Å². The second-order valence-electron chi connectivity index (χ2n) is 8.11. The molecule has 174 valence electrons. The van der Waals surface area contributed by atoms with Crippen LogP contribution >= 0.6 is 0 Å². The largest absolute Gasteiger partial charge is 0.496 e. The molecule has 0 radical (unpaired) electrons. The molecule has 1 aliphatic heterocycles. The molecule has 4 rings (SSSR count). The molecule has 3 aromatic rings. The Morgan fingerprint density at radius 1 is 0.853 bits per heavy atom. The molecular weight excluding hydrogens is 426 g/mol. The first kappa shape index (κ1) is 23.2. The molecule has 0 saturated heterocycles. The van der Waals surface area contributed by atoms with Gasteiger partial charge in [-0.1, -0.05) is 48.5 Å². The molecule has 1 aromatic heterocycles. The maximum Gasteiger partial charge on any atom is 0.277 e. The molecule has 0 bridgehead atoms. The van der Waals surface area contributed by atoms with Crippen molar-refractivity contribution in [3.05, 3.63) is 102 Å². The number of carbonyl (C=O) groups excluding carboxylic acids is 2. The van der Waals surface area contributed by atoms with Gasteiger partial charge in [-0.25, -0.2) is 0 Å². The number of ether oxygens (including phenoxy) is 1. The number of benzene rings is 2. The van der Waals surface area contributed by atoms with Crippen LogP contribution in [0.3, 0.4) is 0 Å². The van der Waals surface area contributed by atoms with E-state index in [0.29, 0.717) is 48.6 Å². The number of pyridine rings is 1. The number of aromatic nitrogens is 1. The minimum Gasteiger partial charge on any atom is -0.496 e. The Hall–Kier alpha value is -3.93. The molecule has 1 aliphatic rings. The maximum atomic E-state index is 13.7. The van der Waals surface area contributed by atoms with Crippen LogP contribution in [-0.2, 0) is 22.4 Å². The molecular formula is C28H29N3O3. The van der Waals surface area contributed by atoms with Gasteiger partial charge in [0.25, 0.3) is 11.8 Å². The Bertz CT molecular complexity index is 1180. The van der Waals surface area contributed by atoms with Gasteiger partial charge in [-0.15, -0.1) is 0 Å². The van der Waals surface area contributed by atoms with E-state index in [1.165, 1.54) is 4.90 Å². The Morgan fingerprint density at radius 2 is 1.53 bits per heavy atom. The first-order valence-electron chi connectivity index (χ1n) is 11.6. The van der Waals surface area contributed by atoms with Crippen molar-refractivity contribution in [1.29, 1.82) is 0 Å². The van der Waals surface area contributed by atoms with E-state index < -0.39 is 0 Å². The number of likely N-dealkylation sites (N-methyl/N-ethyl adjacent to an activating group) is 1. The number of para-hydroxylation sites is 1. The summed E-state index contributed by atoms with van der Waals surface area (Å²) in [5.74, 6) is 0.0486. The zero-order chi connectivity index (χ0) is 23.9. The average molecular weight is 456 g/mol. The lowest BCUT2D eigenvalue weighted by molar-refractivity contribution is -0.137. The van der Waals surface area contributed by atoms with Gasteiger partial charge in [-0.05, 0) is 49.1 Å². The van der Waals surface area contributed by atoms with Gasteiger partial charge < -0.3 is 9.64 Å². The fourth-order valence-electron chi connectivity index (χ4n) is 4.28. The highest BCUT2D eigenvalue weighted by Crippen LogP contribution is 2.36. The zero-order valence-corrected chi connectivity index (χ0v) is 19.6. The van der Waals surface area contributed by atoms with Crippen molar-refractivity contribution in [2.75, 3.05) is 26.7 Å². The van der Waals surface area contributed by atoms with Crippen LogP contribution in [0.2, 0.25) is 0 Å².